The zero-order valence-electron chi connectivity index (χ0n) is 19.2. The fourth-order valence-electron chi connectivity index (χ4n) is 3.45. The lowest BCUT2D eigenvalue weighted by atomic mass is 9.99. The van der Waals surface area contributed by atoms with E-state index < -0.39 is 40.3 Å². The number of aromatic hydroxyl groups is 1. The number of nitrogens with one attached hydrogen (secondary N) is 2. The van der Waals surface area contributed by atoms with E-state index in [-0.39, 0.29) is 34.6 Å². The van der Waals surface area contributed by atoms with E-state index in [0.717, 1.165) is 24.3 Å². The van der Waals surface area contributed by atoms with Gasteiger partial charge in [0.1, 0.15) is 17.6 Å². The topological polar surface area (TPSA) is 142 Å². The smallest absolute Gasteiger partial charge is 0.419 e. The van der Waals surface area contributed by atoms with Crippen molar-refractivity contribution in [2.75, 3.05) is 0 Å². The molecule has 38 heavy (non-hydrogen) atoms. The minimum atomic E-state index is -5.02. The molecule has 0 fully saturated rings. The number of carbonyl (C=O) groups is 2. The maximum atomic E-state index is 13.8. The molecule has 3 aromatic rings. The number of hydrogen-bond acceptors (Lipinski definition) is 6. The van der Waals surface area contributed by atoms with Crippen molar-refractivity contribution >= 4 is 29.2 Å². The number of carbonyl (C=O) groups excluding carboxylic acids is 2. The molecule has 9 nitrogen and oxygen atoms in total. The number of hydrogen-bond donors (Lipinski definition) is 4. The molecule has 2 amide bonds. The molecule has 0 aliphatic heterocycles. The number of benzene rings is 3. The lowest BCUT2D eigenvalue weighted by Crippen LogP contribution is -2.47. The van der Waals surface area contributed by atoms with Crippen LogP contribution < -0.4 is 10.8 Å². The first-order valence-corrected chi connectivity index (χ1v) is 10.7. The van der Waals surface area contributed by atoms with Crippen LogP contribution in [0.3, 0.4) is 0 Å². The van der Waals surface area contributed by atoms with Gasteiger partial charge < -0.3 is 10.4 Å². The Kier molecular flexibility index (Phi) is 8.43. The molecule has 198 valence electrons. The highest BCUT2D eigenvalue weighted by Crippen LogP contribution is 2.33. The molecule has 0 aromatic heterocycles. The van der Waals surface area contributed by atoms with Crippen molar-refractivity contribution in [1.82, 2.24) is 10.8 Å². The molecule has 0 radical (unpaired) electrons. The molecule has 0 saturated heterocycles. The van der Waals surface area contributed by atoms with Crippen molar-refractivity contribution in [3.05, 3.63) is 105 Å². The standard InChI is InChI=1S/C25H19F4N3O6/c26-21-10-3-15(12-20(21)25(27,28)29)11-19(16-4-6-17(7-5-16)32(37)38)23(34)30-22(24(35)31-36)13-14-1-8-18(33)9-2-14/h1-12,22,33,36H,13H2,(H,30,34)(H,31,35)/b19-11-. The second-order valence-electron chi connectivity index (χ2n) is 7.97. The van der Waals surface area contributed by atoms with E-state index in [1.807, 2.05) is 0 Å². The number of alkyl halides is 3. The first-order valence-electron chi connectivity index (χ1n) is 10.7. The van der Waals surface area contributed by atoms with Gasteiger partial charge in [-0.05, 0) is 59.2 Å². The lowest BCUT2D eigenvalue weighted by Gasteiger charge is -2.18. The highest BCUT2D eigenvalue weighted by molar-refractivity contribution is 6.24. The van der Waals surface area contributed by atoms with Crippen LogP contribution in [0, 0.1) is 15.9 Å². The Balaban J connectivity index is 2.04. The van der Waals surface area contributed by atoms with Crippen LogP contribution in [0.25, 0.3) is 11.6 Å². The van der Waals surface area contributed by atoms with Gasteiger partial charge in [0.15, 0.2) is 0 Å². The summed E-state index contributed by atoms with van der Waals surface area (Å²) in [6, 6.07) is 10.8. The maximum Gasteiger partial charge on any atom is 0.419 e. The van der Waals surface area contributed by atoms with Crippen molar-refractivity contribution < 1.29 is 42.4 Å². The summed E-state index contributed by atoms with van der Waals surface area (Å²) in [5.74, 6) is -3.58. The van der Waals surface area contributed by atoms with Crippen LogP contribution in [0.1, 0.15) is 22.3 Å². The first kappa shape index (κ1) is 27.8. The van der Waals surface area contributed by atoms with Crippen molar-refractivity contribution in [3.8, 4) is 5.75 Å². The summed E-state index contributed by atoms with van der Waals surface area (Å²) in [7, 11) is 0. The van der Waals surface area contributed by atoms with Gasteiger partial charge in [0, 0.05) is 24.1 Å². The van der Waals surface area contributed by atoms with E-state index in [0.29, 0.717) is 17.7 Å². The van der Waals surface area contributed by atoms with E-state index in [1.165, 1.54) is 41.9 Å². The van der Waals surface area contributed by atoms with Gasteiger partial charge in [-0.2, -0.15) is 13.2 Å². The van der Waals surface area contributed by atoms with E-state index in [4.69, 9.17) is 5.21 Å². The molecule has 3 aromatic carbocycles. The minimum Gasteiger partial charge on any atom is -0.508 e. The Morgan fingerprint density at radius 1 is 1.03 bits per heavy atom. The molecule has 4 N–H and O–H groups in total. The van der Waals surface area contributed by atoms with Gasteiger partial charge in [-0.25, -0.2) is 9.87 Å². The van der Waals surface area contributed by atoms with Crippen LogP contribution >= 0.6 is 0 Å². The Morgan fingerprint density at radius 3 is 2.21 bits per heavy atom. The maximum absolute atomic E-state index is 13.8. The largest absolute Gasteiger partial charge is 0.508 e. The summed E-state index contributed by atoms with van der Waals surface area (Å²) < 4.78 is 53.4. The van der Waals surface area contributed by atoms with Crippen molar-refractivity contribution in [1.29, 1.82) is 0 Å². The van der Waals surface area contributed by atoms with E-state index in [9.17, 15) is 42.4 Å². The molecule has 13 heteroatoms. The van der Waals surface area contributed by atoms with Gasteiger partial charge in [-0.15, -0.1) is 0 Å². The summed E-state index contributed by atoms with van der Waals surface area (Å²) in [6.07, 6.45) is -4.17. The van der Waals surface area contributed by atoms with Crippen LogP contribution in [-0.4, -0.2) is 33.1 Å². The average molecular weight is 533 g/mol. The molecule has 0 bridgehead atoms. The SMILES string of the molecule is O=C(NC(Cc1ccc(O)cc1)C(=O)NO)/C(=C\c1ccc(F)c(C(F)(F)F)c1)c1ccc([N+](=O)[O-])cc1. The number of nitrogens with zero attached hydrogens (tertiary/aromatic N) is 1. The second kappa shape index (κ2) is 11.5. The molecule has 0 aliphatic carbocycles. The summed E-state index contributed by atoms with van der Waals surface area (Å²) in [5, 5.41) is 31.9. The Morgan fingerprint density at radius 2 is 1.66 bits per heavy atom. The van der Waals surface area contributed by atoms with Crippen molar-refractivity contribution in [2.24, 2.45) is 0 Å². The summed E-state index contributed by atoms with van der Waals surface area (Å²) >= 11 is 0. The third kappa shape index (κ3) is 6.91. The van der Waals surface area contributed by atoms with Gasteiger partial charge in [0.05, 0.1) is 10.5 Å². The monoisotopic (exact) mass is 533 g/mol. The molecule has 0 aliphatic rings. The number of phenols is 1. The van der Waals surface area contributed by atoms with E-state index >= 15 is 0 Å². The van der Waals surface area contributed by atoms with Crippen LogP contribution in [0.4, 0.5) is 23.2 Å². The zero-order valence-corrected chi connectivity index (χ0v) is 19.2. The number of phenolic OH excluding ortho intramolecular Hbond substituents is 1. The third-order valence-electron chi connectivity index (χ3n) is 5.35. The molecule has 0 heterocycles. The van der Waals surface area contributed by atoms with E-state index in [2.05, 4.69) is 5.32 Å². The number of rotatable bonds is 8. The minimum absolute atomic E-state index is 0.0405. The molecule has 1 atom stereocenters. The van der Waals surface area contributed by atoms with Crippen LogP contribution in [0.5, 0.6) is 5.75 Å². The predicted octanol–water partition coefficient (Wildman–Crippen LogP) is 4.23. The van der Waals surface area contributed by atoms with Crippen molar-refractivity contribution in [2.45, 2.75) is 18.6 Å². The van der Waals surface area contributed by atoms with Gasteiger partial charge in [0.25, 0.3) is 17.5 Å². The van der Waals surface area contributed by atoms with E-state index in [1.54, 1.807) is 0 Å². The first-order chi connectivity index (χ1) is 17.9. The normalized spacial score (nSPS) is 12.5. The zero-order chi connectivity index (χ0) is 28.0. The van der Waals surface area contributed by atoms with Crippen molar-refractivity contribution in [3.63, 3.8) is 0 Å². The number of halogens is 4. The Labute approximate surface area is 212 Å². The average Bonchev–Trinajstić information content (AvgIpc) is 2.87. The van der Waals surface area contributed by atoms with Gasteiger partial charge in [0.2, 0.25) is 0 Å². The highest BCUT2D eigenvalue weighted by atomic mass is 19.4. The molecular weight excluding hydrogens is 514 g/mol. The predicted molar refractivity (Wildman–Crippen MR) is 126 cm³/mol. The Bertz CT molecular complexity index is 1370. The summed E-state index contributed by atoms with van der Waals surface area (Å²) in [6.45, 7) is 0. The van der Waals surface area contributed by atoms with Gasteiger partial charge in [-0.3, -0.25) is 24.9 Å². The molecular formula is C25H19F4N3O6. The van der Waals surface area contributed by atoms with Gasteiger partial charge in [-0.1, -0.05) is 18.2 Å². The number of nitro groups is 1. The summed E-state index contributed by atoms with van der Waals surface area (Å²) in [4.78, 5) is 35.9. The molecule has 0 spiro atoms. The fourth-order valence-corrected chi connectivity index (χ4v) is 3.45. The number of non-ortho nitro benzene ring substituents is 1. The molecule has 1 unspecified atom stereocenters. The second-order valence-corrected chi connectivity index (χ2v) is 7.97. The molecule has 3 rings (SSSR count). The lowest BCUT2D eigenvalue weighted by molar-refractivity contribution is -0.384. The number of nitro benzene ring substituents is 1. The Hall–Kier alpha value is -4.78. The van der Waals surface area contributed by atoms with Crippen LogP contribution in [0.2, 0.25) is 0 Å². The van der Waals surface area contributed by atoms with Crippen LogP contribution in [0.15, 0.2) is 66.7 Å². The quantitative estimate of drug-likeness (QED) is 0.0853. The molecule has 0 saturated carbocycles. The van der Waals surface area contributed by atoms with Crippen LogP contribution in [-0.2, 0) is 22.2 Å². The van der Waals surface area contributed by atoms with Gasteiger partial charge >= 0.3 is 6.18 Å². The number of hydroxylamine groups is 1. The summed E-state index contributed by atoms with van der Waals surface area (Å²) in [5.41, 5.74) is -0.478. The highest BCUT2D eigenvalue weighted by Gasteiger charge is 2.34. The third-order valence-corrected chi connectivity index (χ3v) is 5.35. The number of amides is 2. The fraction of sp³-hybridized carbons (Fsp3) is 0.120.